The number of ether oxygens (including phenoxy) is 1. The minimum Gasteiger partial charge on any atom is -0.445 e. The van der Waals surface area contributed by atoms with Gasteiger partial charge in [0.25, 0.3) is 0 Å². The molecule has 0 aromatic heterocycles. The monoisotopic (exact) mass is 321 g/mol. The van der Waals surface area contributed by atoms with Crippen molar-refractivity contribution in [1.82, 2.24) is 10.6 Å². The molecule has 7 heteroatoms. The van der Waals surface area contributed by atoms with Gasteiger partial charge in [0.2, 0.25) is 11.8 Å². The average Bonchev–Trinajstić information content (AvgIpc) is 2.53. The van der Waals surface area contributed by atoms with Gasteiger partial charge in [-0.05, 0) is 18.9 Å². The lowest BCUT2D eigenvalue weighted by Crippen LogP contribution is -2.51. The van der Waals surface area contributed by atoms with E-state index in [1.54, 1.807) is 0 Å². The van der Waals surface area contributed by atoms with Crippen LogP contribution in [0, 0.1) is 0 Å². The number of hydrogen-bond acceptors (Lipinski definition) is 4. The molecule has 1 aromatic rings. The van der Waals surface area contributed by atoms with Gasteiger partial charge >= 0.3 is 6.09 Å². The zero-order valence-corrected chi connectivity index (χ0v) is 13.4. The van der Waals surface area contributed by atoms with E-state index in [1.165, 1.54) is 6.92 Å². The second-order valence-corrected chi connectivity index (χ2v) is 5.18. The lowest BCUT2D eigenvalue weighted by molar-refractivity contribution is -0.128. The molecule has 7 nitrogen and oxygen atoms in total. The predicted molar refractivity (Wildman–Crippen MR) is 85.3 cm³/mol. The van der Waals surface area contributed by atoms with Crippen LogP contribution in [0.5, 0.6) is 0 Å². The number of amides is 3. The van der Waals surface area contributed by atoms with Crippen LogP contribution in [0.2, 0.25) is 0 Å². The van der Waals surface area contributed by atoms with Crippen LogP contribution in [0.3, 0.4) is 0 Å². The lowest BCUT2D eigenvalue weighted by Gasteiger charge is -2.18. The number of alkyl carbamates (subject to hydrolysis) is 1. The van der Waals surface area contributed by atoms with Gasteiger partial charge in [-0.15, -0.1) is 0 Å². The first-order valence-corrected chi connectivity index (χ1v) is 7.51. The fourth-order valence-electron chi connectivity index (χ4n) is 1.88. The summed E-state index contributed by atoms with van der Waals surface area (Å²) in [5, 5.41) is 4.92. The van der Waals surface area contributed by atoms with Gasteiger partial charge in [0.15, 0.2) is 0 Å². The molecule has 0 aliphatic heterocycles. The first-order chi connectivity index (χ1) is 10.9. The summed E-state index contributed by atoms with van der Waals surface area (Å²) in [5.74, 6) is -1.09. The number of rotatable bonds is 8. The van der Waals surface area contributed by atoms with Crippen molar-refractivity contribution in [1.29, 1.82) is 0 Å². The van der Waals surface area contributed by atoms with Gasteiger partial charge in [0.1, 0.15) is 18.7 Å². The molecule has 0 unspecified atom stereocenters. The van der Waals surface area contributed by atoms with E-state index in [0.717, 1.165) is 5.56 Å². The number of hydrogen-bond donors (Lipinski definition) is 3. The molecule has 2 atom stereocenters. The average molecular weight is 321 g/mol. The molecule has 0 aliphatic carbocycles. The van der Waals surface area contributed by atoms with Crippen molar-refractivity contribution in [2.24, 2.45) is 5.73 Å². The van der Waals surface area contributed by atoms with E-state index in [9.17, 15) is 14.4 Å². The maximum Gasteiger partial charge on any atom is 0.408 e. The van der Waals surface area contributed by atoms with Crippen molar-refractivity contribution < 1.29 is 19.1 Å². The van der Waals surface area contributed by atoms with E-state index in [-0.39, 0.29) is 6.61 Å². The van der Waals surface area contributed by atoms with Crippen LogP contribution >= 0.6 is 0 Å². The Kier molecular flexibility index (Phi) is 7.59. The molecule has 0 heterocycles. The number of nitrogens with two attached hydrogens (primary N) is 1. The molecule has 126 valence electrons. The highest BCUT2D eigenvalue weighted by atomic mass is 16.5. The second kappa shape index (κ2) is 9.45. The van der Waals surface area contributed by atoms with Gasteiger partial charge in [0.05, 0.1) is 0 Å². The van der Waals surface area contributed by atoms with Crippen molar-refractivity contribution in [2.45, 2.75) is 45.4 Å². The normalized spacial score (nSPS) is 12.8. The number of benzene rings is 1. The third-order valence-electron chi connectivity index (χ3n) is 3.18. The van der Waals surface area contributed by atoms with Crippen LogP contribution in [-0.2, 0) is 20.9 Å². The van der Waals surface area contributed by atoms with Crippen LogP contribution in [0.25, 0.3) is 0 Å². The van der Waals surface area contributed by atoms with E-state index >= 15 is 0 Å². The maximum absolute atomic E-state index is 12.0. The van der Waals surface area contributed by atoms with E-state index < -0.39 is 30.0 Å². The Labute approximate surface area is 135 Å². The highest BCUT2D eigenvalue weighted by Crippen LogP contribution is 2.01. The predicted octanol–water partition coefficient (Wildman–Crippen LogP) is 1.07. The standard InChI is InChI=1S/C16H23N3O4/c1-3-7-13(14(17)20)19-15(21)11(2)18-16(22)23-10-12-8-5-4-6-9-12/h4-6,8-9,11,13H,3,7,10H2,1-2H3,(H2,17,20)(H,18,22)(H,19,21)/t11-,13+/m1/s1. The Hall–Kier alpha value is -2.57. The smallest absolute Gasteiger partial charge is 0.408 e. The van der Waals surface area contributed by atoms with E-state index in [1.807, 2.05) is 37.3 Å². The van der Waals surface area contributed by atoms with E-state index in [4.69, 9.17) is 10.5 Å². The summed E-state index contributed by atoms with van der Waals surface area (Å²) in [7, 11) is 0. The molecule has 0 saturated carbocycles. The molecule has 23 heavy (non-hydrogen) atoms. The van der Waals surface area contributed by atoms with Crippen molar-refractivity contribution >= 4 is 17.9 Å². The van der Waals surface area contributed by atoms with Crippen molar-refractivity contribution in [2.75, 3.05) is 0 Å². The topological polar surface area (TPSA) is 111 Å². The Morgan fingerprint density at radius 1 is 1.17 bits per heavy atom. The Morgan fingerprint density at radius 2 is 1.83 bits per heavy atom. The van der Waals surface area contributed by atoms with Crippen molar-refractivity contribution in [3.63, 3.8) is 0 Å². The molecule has 0 fully saturated rings. The molecule has 1 rings (SSSR count). The van der Waals surface area contributed by atoms with Crippen molar-refractivity contribution in [3.8, 4) is 0 Å². The molecule has 1 aromatic carbocycles. The van der Waals surface area contributed by atoms with Gasteiger partial charge in [-0.1, -0.05) is 43.7 Å². The zero-order valence-electron chi connectivity index (χ0n) is 13.4. The highest BCUT2D eigenvalue weighted by molar-refractivity contribution is 5.90. The highest BCUT2D eigenvalue weighted by Gasteiger charge is 2.22. The fraction of sp³-hybridized carbons (Fsp3) is 0.438. The maximum atomic E-state index is 12.0. The summed E-state index contributed by atoms with van der Waals surface area (Å²) in [4.78, 5) is 34.8. The van der Waals surface area contributed by atoms with Crippen LogP contribution in [0.15, 0.2) is 30.3 Å². The molecule has 4 N–H and O–H groups in total. The third kappa shape index (κ3) is 6.82. The summed E-state index contributed by atoms with van der Waals surface area (Å²) in [6, 6.07) is 7.61. The van der Waals surface area contributed by atoms with E-state index in [2.05, 4.69) is 10.6 Å². The van der Waals surface area contributed by atoms with Crippen molar-refractivity contribution in [3.05, 3.63) is 35.9 Å². The Morgan fingerprint density at radius 3 is 2.39 bits per heavy atom. The second-order valence-electron chi connectivity index (χ2n) is 5.18. The SMILES string of the molecule is CCC[C@H](NC(=O)[C@@H](C)NC(=O)OCc1ccccc1)C(N)=O. The molecule has 0 radical (unpaired) electrons. The van der Waals surface area contributed by atoms with Gasteiger partial charge in [0, 0.05) is 0 Å². The summed E-state index contributed by atoms with van der Waals surface area (Å²) in [6.07, 6.45) is 0.448. The molecule has 0 aliphatic rings. The minimum atomic E-state index is -0.836. The summed E-state index contributed by atoms with van der Waals surface area (Å²) in [6.45, 7) is 3.49. The number of nitrogens with one attached hydrogen (secondary N) is 2. The van der Waals surface area contributed by atoms with E-state index in [0.29, 0.717) is 12.8 Å². The summed E-state index contributed by atoms with van der Waals surface area (Å²) >= 11 is 0. The van der Waals surface area contributed by atoms with Gasteiger partial charge in [-0.2, -0.15) is 0 Å². The van der Waals surface area contributed by atoms with Crippen LogP contribution in [0.4, 0.5) is 4.79 Å². The first-order valence-electron chi connectivity index (χ1n) is 7.51. The zero-order chi connectivity index (χ0) is 17.2. The summed E-state index contributed by atoms with van der Waals surface area (Å²) in [5.41, 5.74) is 6.06. The van der Waals surface area contributed by atoms with Crippen LogP contribution in [-0.4, -0.2) is 30.0 Å². The largest absolute Gasteiger partial charge is 0.445 e. The van der Waals surface area contributed by atoms with Crippen LogP contribution < -0.4 is 16.4 Å². The molecule has 3 amide bonds. The lowest BCUT2D eigenvalue weighted by atomic mass is 10.1. The number of carbonyl (C=O) groups is 3. The van der Waals surface area contributed by atoms with Gasteiger partial charge in [-0.3, -0.25) is 9.59 Å². The molecule has 0 bridgehead atoms. The molecular weight excluding hydrogens is 298 g/mol. The summed E-state index contributed by atoms with van der Waals surface area (Å²) < 4.78 is 5.03. The molecular formula is C16H23N3O4. The Bertz CT molecular complexity index is 533. The number of carbonyl (C=O) groups excluding carboxylic acids is 3. The quantitative estimate of drug-likeness (QED) is 0.665. The molecule has 0 saturated heterocycles. The number of primary amides is 1. The minimum absolute atomic E-state index is 0.112. The van der Waals surface area contributed by atoms with Gasteiger partial charge in [-0.25, -0.2) is 4.79 Å². The third-order valence-corrected chi connectivity index (χ3v) is 3.18. The van der Waals surface area contributed by atoms with Gasteiger partial charge < -0.3 is 21.1 Å². The Balaban J connectivity index is 2.41. The van der Waals surface area contributed by atoms with Crippen LogP contribution in [0.1, 0.15) is 32.3 Å². The fourth-order valence-corrected chi connectivity index (χ4v) is 1.88. The first kappa shape index (κ1) is 18.5. The molecule has 0 spiro atoms.